The standard InChI is InChI=1S/Fe.2Na.H2O4S.H2O3S.7H2O/c;;;1-5(2,3)4;1-4(2)3;;;;;;;/h;;;(H2,1,2,3,4);(H2,1,2,3);7*1H2/q;2*+1;;;;;;;;;/p-2. The van der Waals surface area contributed by atoms with Crippen molar-refractivity contribution in [3.63, 3.8) is 0 Å². The molecule has 0 fully saturated rings. The van der Waals surface area contributed by atoms with E-state index in [0.717, 1.165) is 0 Å². The summed E-state index contributed by atoms with van der Waals surface area (Å²) in [5.41, 5.74) is 0. The van der Waals surface area contributed by atoms with Crippen LogP contribution in [0.5, 0.6) is 0 Å². The summed E-state index contributed by atoms with van der Waals surface area (Å²) in [5, 5.41) is 0. The van der Waals surface area contributed by atoms with Crippen molar-refractivity contribution in [3.8, 4) is 0 Å². The molecule has 0 unspecified atom stereocenters. The fraction of sp³-hybridized carbons (Fsp3) is 0. The van der Waals surface area contributed by atoms with Crippen LogP contribution in [0, 0.1) is 0 Å². The molecule has 0 bridgehead atoms. The summed E-state index contributed by atoms with van der Waals surface area (Å²) in [6, 6.07) is 0. The second kappa shape index (κ2) is 59.4. The summed E-state index contributed by atoms with van der Waals surface area (Å²) in [6.45, 7) is 0. The van der Waals surface area contributed by atoms with E-state index in [9.17, 15) is 0 Å². The van der Waals surface area contributed by atoms with Crippen LogP contribution >= 0.6 is 0 Å². The Bertz CT molecular complexity index is 166. The van der Waals surface area contributed by atoms with Crippen molar-refractivity contribution in [2.24, 2.45) is 0 Å². The molecular weight excluding hydrogens is 390 g/mol. The molecule has 0 saturated heterocycles. The Hall–Kier alpha value is 2.18. The molecule has 0 radical (unpaired) electrons. The van der Waals surface area contributed by atoms with Crippen LogP contribution in [0.25, 0.3) is 0 Å². The molecule has 0 aliphatic carbocycles. The van der Waals surface area contributed by atoms with E-state index in [2.05, 4.69) is 0 Å². The molecule has 19 heavy (non-hydrogen) atoms. The Morgan fingerprint density at radius 2 is 0.737 bits per heavy atom. The normalized spacial score (nSPS) is 4.89. The first-order chi connectivity index (χ1) is 3.73. The maximum Gasteiger partial charge on any atom is 1.00 e. The van der Waals surface area contributed by atoms with Gasteiger partial charge in [0.05, 0.1) is 0 Å². The van der Waals surface area contributed by atoms with Crippen molar-refractivity contribution >= 4 is 21.8 Å². The average Bonchev–Trinajstić information content (AvgIpc) is 1.19. The molecule has 0 aromatic heterocycles. The van der Waals surface area contributed by atoms with Gasteiger partial charge in [-0.3, -0.25) is 13.3 Å². The summed E-state index contributed by atoms with van der Waals surface area (Å²) in [7, 11) is -4.67. The van der Waals surface area contributed by atoms with Gasteiger partial charge >= 0.3 is 69.5 Å². The number of rotatable bonds is 0. The minimum absolute atomic E-state index is 0. The molecule has 0 rings (SSSR count). The van der Waals surface area contributed by atoms with E-state index in [1.165, 1.54) is 0 Å². The van der Waals surface area contributed by atoms with Crippen LogP contribution in [0.4, 0.5) is 0 Å². The Balaban J connectivity index is -0.00000000340. The fourth-order valence-electron chi connectivity index (χ4n) is 0. The molecule has 0 amide bonds. The van der Waals surface area contributed by atoms with E-state index in [0.29, 0.717) is 0 Å². The summed E-state index contributed by atoms with van der Waals surface area (Å²) < 4.78 is 56.9. The SMILES string of the molecule is O.O.O.O.O.O.O.O=S(=O)(O)O.O=S([O-])[O-].[Fe].[Na+].[Na+]. The first-order valence-electron chi connectivity index (χ1n) is 1.20. The Labute approximate surface area is 165 Å². The van der Waals surface area contributed by atoms with Crippen molar-refractivity contribution in [2.75, 3.05) is 0 Å². The van der Waals surface area contributed by atoms with Gasteiger partial charge in [-0.15, -0.1) is 11.4 Å². The summed E-state index contributed by atoms with van der Waals surface area (Å²) in [4.78, 5) is 0. The Morgan fingerprint density at radius 1 is 0.737 bits per heavy atom. The first-order valence-corrected chi connectivity index (χ1v) is 3.60. The van der Waals surface area contributed by atoms with Crippen LogP contribution in [0.15, 0.2) is 0 Å². The van der Waals surface area contributed by atoms with E-state index in [-0.39, 0.29) is 115 Å². The van der Waals surface area contributed by atoms with Crippen molar-refractivity contribution in [1.29, 1.82) is 0 Å². The Morgan fingerprint density at radius 3 is 0.737 bits per heavy atom. The van der Waals surface area contributed by atoms with Gasteiger partial charge in [-0.1, -0.05) is 0 Å². The molecule has 0 spiro atoms. The predicted octanol–water partition coefficient (Wildman–Crippen LogP) is -13.4. The minimum atomic E-state index is -4.67. The predicted molar refractivity (Wildman–Crippen MR) is 49.2 cm³/mol. The maximum absolute atomic E-state index is 8.74. The quantitative estimate of drug-likeness (QED) is 0.222. The topological polar surface area (TPSA) is 358 Å². The van der Waals surface area contributed by atoms with Gasteiger partial charge in [0.1, 0.15) is 0 Å². The van der Waals surface area contributed by atoms with Crippen molar-refractivity contribution in [3.05, 3.63) is 0 Å². The molecule has 14 nitrogen and oxygen atoms in total. The van der Waals surface area contributed by atoms with Crippen LogP contribution in [-0.2, 0) is 38.8 Å². The monoisotopic (exact) mass is 406 g/mol. The van der Waals surface area contributed by atoms with E-state index >= 15 is 0 Å². The molecule has 19 heteroatoms. The molecule has 0 aromatic rings. The maximum atomic E-state index is 8.74. The Kier molecular flexibility index (Phi) is 320. The second-order valence-corrected chi connectivity index (χ2v) is 1.96. The van der Waals surface area contributed by atoms with Gasteiger partial charge in [0.25, 0.3) is 0 Å². The summed E-state index contributed by atoms with van der Waals surface area (Å²) in [5.74, 6) is 0. The van der Waals surface area contributed by atoms with Crippen molar-refractivity contribution in [2.45, 2.75) is 0 Å². The van der Waals surface area contributed by atoms with Gasteiger partial charge in [-0.25, -0.2) is 0 Å². The molecule has 0 heterocycles. The number of hydrogen-bond acceptors (Lipinski definition) is 5. The van der Waals surface area contributed by atoms with Crippen LogP contribution < -0.4 is 59.1 Å². The van der Waals surface area contributed by atoms with Gasteiger partial charge in [-0.05, 0) is 0 Å². The fourth-order valence-corrected chi connectivity index (χ4v) is 0. The third-order valence-corrected chi connectivity index (χ3v) is 0. The first kappa shape index (κ1) is 102. The molecule has 122 valence electrons. The molecule has 0 atom stereocenters. The average molecular weight is 406 g/mol. The van der Waals surface area contributed by atoms with E-state index < -0.39 is 21.8 Å². The zero-order valence-electron chi connectivity index (χ0n) is 9.61. The van der Waals surface area contributed by atoms with Crippen LogP contribution in [0.3, 0.4) is 0 Å². The zero-order valence-corrected chi connectivity index (χ0v) is 16.3. The molecule has 16 N–H and O–H groups in total. The van der Waals surface area contributed by atoms with Gasteiger partial charge in [0.15, 0.2) is 0 Å². The molecule has 0 aliphatic heterocycles. The second-order valence-electron chi connectivity index (χ2n) is 0.652. The molecular formula is H16FeNa2O14S2. The largest absolute Gasteiger partial charge is 1.00 e. The van der Waals surface area contributed by atoms with Crippen molar-refractivity contribution < 1.29 is 145 Å². The van der Waals surface area contributed by atoms with Crippen LogP contribution in [0.2, 0.25) is 0 Å². The zero-order chi connectivity index (χ0) is 8.08. The molecule has 0 saturated carbocycles. The van der Waals surface area contributed by atoms with Crippen molar-refractivity contribution in [1.82, 2.24) is 0 Å². The summed E-state index contributed by atoms with van der Waals surface area (Å²) in [6.07, 6.45) is 0. The number of hydrogen-bond donors (Lipinski definition) is 2. The van der Waals surface area contributed by atoms with Crippen LogP contribution in [0.1, 0.15) is 0 Å². The van der Waals surface area contributed by atoms with Gasteiger partial charge in [-0.2, -0.15) is 8.42 Å². The van der Waals surface area contributed by atoms with Gasteiger partial charge in [0.2, 0.25) is 0 Å². The third kappa shape index (κ3) is 1400. The van der Waals surface area contributed by atoms with E-state index in [1.54, 1.807) is 0 Å². The van der Waals surface area contributed by atoms with E-state index in [1.807, 2.05) is 0 Å². The van der Waals surface area contributed by atoms with Gasteiger partial charge in [0, 0.05) is 17.1 Å². The van der Waals surface area contributed by atoms with Gasteiger partial charge < -0.3 is 47.4 Å². The molecule has 0 aliphatic rings. The smallest absolute Gasteiger partial charge is 0.784 e. The molecule has 0 aromatic carbocycles. The van der Waals surface area contributed by atoms with E-state index in [4.69, 9.17) is 30.8 Å². The minimum Gasteiger partial charge on any atom is -0.784 e. The van der Waals surface area contributed by atoms with Crippen LogP contribution in [-0.4, -0.2) is 69.2 Å². The third-order valence-electron chi connectivity index (χ3n) is 0. The summed E-state index contributed by atoms with van der Waals surface area (Å²) >= 11 is -3.11.